The topological polar surface area (TPSA) is 46.2 Å². The maximum Gasteiger partial charge on any atom is 0.211 e. The molecular weight excluding hydrogens is 174 g/mol. The Bertz CT molecular complexity index is 217. The molecule has 0 bridgehead atoms. The molecule has 3 nitrogen and oxygen atoms in total. The second-order valence-corrected chi connectivity index (χ2v) is 5.20. The quantitative estimate of drug-likeness (QED) is 0.723. The number of sulfonamides is 1. The molecule has 1 rings (SSSR count). The number of nitrogens with one attached hydrogen (secondary N) is 1. The van der Waals surface area contributed by atoms with Crippen molar-refractivity contribution in [2.45, 2.75) is 38.6 Å². The van der Waals surface area contributed by atoms with Gasteiger partial charge in [0.2, 0.25) is 10.0 Å². The van der Waals surface area contributed by atoms with Gasteiger partial charge in [0.25, 0.3) is 0 Å². The summed E-state index contributed by atoms with van der Waals surface area (Å²) in [4.78, 5) is 0. The summed E-state index contributed by atoms with van der Waals surface area (Å²) < 4.78 is 25.0. The molecule has 0 heterocycles. The molecule has 1 fully saturated rings. The third kappa shape index (κ3) is 3.11. The Balaban J connectivity index is 2.39. The van der Waals surface area contributed by atoms with Crippen molar-refractivity contribution < 1.29 is 8.42 Å². The first-order chi connectivity index (χ1) is 5.64. The lowest BCUT2D eigenvalue weighted by molar-refractivity contribution is 0.462. The molecule has 0 spiro atoms. The van der Waals surface area contributed by atoms with E-state index < -0.39 is 10.0 Å². The van der Waals surface area contributed by atoms with Gasteiger partial charge in [-0.1, -0.05) is 0 Å². The van der Waals surface area contributed by atoms with Crippen LogP contribution in [0.5, 0.6) is 0 Å². The summed E-state index contributed by atoms with van der Waals surface area (Å²) >= 11 is 0. The molecule has 12 heavy (non-hydrogen) atoms. The van der Waals surface area contributed by atoms with Gasteiger partial charge in [-0.3, -0.25) is 0 Å². The summed E-state index contributed by atoms with van der Waals surface area (Å²) in [6.45, 7) is 1.66. The van der Waals surface area contributed by atoms with Crippen molar-refractivity contribution in [3.8, 4) is 0 Å². The van der Waals surface area contributed by atoms with E-state index in [1.54, 1.807) is 6.92 Å². The van der Waals surface area contributed by atoms with Crippen molar-refractivity contribution in [3.63, 3.8) is 0 Å². The highest BCUT2D eigenvalue weighted by Crippen LogP contribution is 2.16. The van der Waals surface area contributed by atoms with E-state index in [4.69, 9.17) is 0 Å². The van der Waals surface area contributed by atoms with E-state index in [-0.39, 0.29) is 11.8 Å². The van der Waals surface area contributed by atoms with Gasteiger partial charge in [0.1, 0.15) is 0 Å². The Morgan fingerprint density at radius 2 is 2.00 bits per heavy atom. The highest BCUT2D eigenvalue weighted by molar-refractivity contribution is 7.89. The van der Waals surface area contributed by atoms with Gasteiger partial charge in [0.15, 0.2) is 0 Å². The van der Waals surface area contributed by atoms with E-state index >= 15 is 0 Å². The Hall–Kier alpha value is -0.0900. The van der Waals surface area contributed by atoms with E-state index in [9.17, 15) is 8.42 Å². The molecule has 1 radical (unpaired) electrons. The molecule has 0 aromatic rings. The molecule has 4 heteroatoms. The fourth-order valence-corrected chi connectivity index (χ4v) is 2.29. The van der Waals surface area contributed by atoms with Crippen LogP contribution < -0.4 is 4.72 Å². The van der Waals surface area contributed by atoms with Crippen LogP contribution in [0.1, 0.15) is 32.6 Å². The smallest absolute Gasteiger partial charge is 0.211 e. The summed E-state index contributed by atoms with van der Waals surface area (Å²) in [6, 6.07) is 0.181. The predicted molar refractivity (Wildman–Crippen MR) is 49.2 cm³/mol. The second-order valence-electron chi connectivity index (χ2n) is 3.16. The predicted octanol–water partition coefficient (Wildman–Crippen LogP) is 1.07. The number of hydrogen-bond acceptors (Lipinski definition) is 2. The second kappa shape index (κ2) is 4.23. The van der Waals surface area contributed by atoms with E-state index in [0.29, 0.717) is 0 Å². The van der Waals surface area contributed by atoms with Crippen molar-refractivity contribution in [3.05, 3.63) is 6.42 Å². The Kier molecular flexibility index (Phi) is 3.53. The molecule has 0 aromatic carbocycles. The van der Waals surface area contributed by atoms with E-state index in [2.05, 4.69) is 11.1 Å². The van der Waals surface area contributed by atoms with Crippen molar-refractivity contribution >= 4 is 10.0 Å². The van der Waals surface area contributed by atoms with Crippen LogP contribution in [-0.2, 0) is 10.0 Å². The largest absolute Gasteiger partial charge is 0.212 e. The highest BCUT2D eigenvalue weighted by atomic mass is 32.2. The molecule has 71 valence electrons. The van der Waals surface area contributed by atoms with Gasteiger partial charge >= 0.3 is 0 Å². The minimum absolute atomic E-state index is 0.181. The summed E-state index contributed by atoms with van der Waals surface area (Å²) in [5.74, 6) is 0.188. The van der Waals surface area contributed by atoms with Gasteiger partial charge in [0, 0.05) is 6.04 Å². The SMILES string of the molecule is CCS(=O)(=O)NC1CC[CH]CC1. The highest BCUT2D eigenvalue weighted by Gasteiger charge is 2.18. The molecule has 1 N–H and O–H groups in total. The van der Waals surface area contributed by atoms with Crippen molar-refractivity contribution in [1.29, 1.82) is 0 Å². The zero-order valence-corrected chi connectivity index (χ0v) is 8.23. The summed E-state index contributed by atoms with van der Waals surface area (Å²) in [6.07, 6.45) is 6.21. The molecule has 0 amide bonds. The Morgan fingerprint density at radius 3 is 2.50 bits per heavy atom. The van der Waals surface area contributed by atoms with Crippen LogP contribution in [-0.4, -0.2) is 20.2 Å². The van der Waals surface area contributed by atoms with Crippen LogP contribution in [0.15, 0.2) is 0 Å². The van der Waals surface area contributed by atoms with Crippen LogP contribution in [0.2, 0.25) is 0 Å². The molecular formula is C8H16NO2S. The minimum atomic E-state index is -2.98. The number of hydrogen-bond donors (Lipinski definition) is 1. The fourth-order valence-electron chi connectivity index (χ4n) is 1.38. The Morgan fingerprint density at radius 1 is 1.42 bits per heavy atom. The van der Waals surface area contributed by atoms with E-state index in [1.165, 1.54) is 0 Å². The molecule has 0 aliphatic heterocycles. The normalized spacial score (nSPS) is 21.1. The van der Waals surface area contributed by atoms with Gasteiger partial charge in [-0.05, 0) is 39.0 Å². The number of rotatable bonds is 3. The van der Waals surface area contributed by atoms with Crippen molar-refractivity contribution in [2.24, 2.45) is 0 Å². The van der Waals surface area contributed by atoms with Crippen molar-refractivity contribution in [2.75, 3.05) is 5.75 Å². The van der Waals surface area contributed by atoms with Gasteiger partial charge in [-0.2, -0.15) is 0 Å². The first-order valence-electron chi connectivity index (χ1n) is 4.45. The van der Waals surface area contributed by atoms with Gasteiger partial charge in [-0.15, -0.1) is 0 Å². The third-order valence-electron chi connectivity index (χ3n) is 2.16. The van der Waals surface area contributed by atoms with Crippen LogP contribution >= 0.6 is 0 Å². The van der Waals surface area contributed by atoms with E-state index in [0.717, 1.165) is 25.7 Å². The summed E-state index contributed by atoms with van der Waals surface area (Å²) in [5, 5.41) is 0. The monoisotopic (exact) mass is 190 g/mol. The molecule has 0 atom stereocenters. The first-order valence-corrected chi connectivity index (χ1v) is 6.11. The third-order valence-corrected chi connectivity index (χ3v) is 3.62. The average molecular weight is 190 g/mol. The van der Waals surface area contributed by atoms with E-state index in [1.807, 2.05) is 0 Å². The van der Waals surface area contributed by atoms with Crippen LogP contribution in [0, 0.1) is 6.42 Å². The lowest BCUT2D eigenvalue weighted by Gasteiger charge is -2.21. The maximum atomic E-state index is 11.1. The standard InChI is InChI=1S/C8H16NO2S/c1-2-12(10,11)9-8-6-4-3-5-7-8/h3,8-9H,2,4-7H2,1H3. The molecule has 0 aromatic heterocycles. The molecule has 1 aliphatic rings. The zero-order valence-electron chi connectivity index (χ0n) is 7.41. The lowest BCUT2D eigenvalue weighted by atomic mass is 9.96. The van der Waals surface area contributed by atoms with Gasteiger partial charge in [-0.25, -0.2) is 13.1 Å². The van der Waals surface area contributed by atoms with Crippen LogP contribution in [0.3, 0.4) is 0 Å². The van der Waals surface area contributed by atoms with Crippen LogP contribution in [0.4, 0.5) is 0 Å². The van der Waals surface area contributed by atoms with Crippen molar-refractivity contribution in [1.82, 2.24) is 4.72 Å². The average Bonchev–Trinajstić information content (AvgIpc) is 2.06. The fraction of sp³-hybridized carbons (Fsp3) is 0.875. The molecule has 1 aliphatic carbocycles. The summed E-state index contributed by atoms with van der Waals surface area (Å²) in [5.41, 5.74) is 0. The maximum absolute atomic E-state index is 11.1. The van der Waals surface area contributed by atoms with Crippen LogP contribution in [0.25, 0.3) is 0 Å². The lowest BCUT2D eigenvalue weighted by Crippen LogP contribution is -2.37. The molecule has 1 saturated carbocycles. The Labute approximate surface area is 74.6 Å². The summed E-state index contributed by atoms with van der Waals surface area (Å²) in [7, 11) is -2.98. The van der Waals surface area contributed by atoms with Gasteiger partial charge < -0.3 is 0 Å². The first kappa shape index (κ1) is 9.99. The zero-order chi connectivity index (χ0) is 9.03. The van der Waals surface area contributed by atoms with Gasteiger partial charge in [0.05, 0.1) is 5.75 Å². The molecule has 0 unspecified atom stereocenters. The molecule has 0 saturated heterocycles. The minimum Gasteiger partial charge on any atom is -0.212 e.